The summed E-state index contributed by atoms with van der Waals surface area (Å²) in [5, 5.41) is 3.51. The zero-order valence-corrected chi connectivity index (χ0v) is 19.8. The van der Waals surface area contributed by atoms with E-state index < -0.39 is 11.9 Å². The molecule has 3 aromatic carbocycles. The predicted molar refractivity (Wildman–Crippen MR) is 131 cm³/mol. The highest BCUT2D eigenvalue weighted by molar-refractivity contribution is 6.30. The van der Waals surface area contributed by atoms with E-state index in [-0.39, 0.29) is 25.0 Å². The average Bonchev–Trinajstić information content (AvgIpc) is 2.86. The van der Waals surface area contributed by atoms with Crippen LogP contribution in [0.3, 0.4) is 0 Å². The van der Waals surface area contributed by atoms with E-state index in [1.807, 2.05) is 49.4 Å². The summed E-state index contributed by atoms with van der Waals surface area (Å²) in [4.78, 5) is 28.1. The van der Waals surface area contributed by atoms with Gasteiger partial charge < -0.3 is 15.0 Å². The van der Waals surface area contributed by atoms with Crippen LogP contribution < -0.4 is 10.1 Å². The molecule has 0 bridgehead atoms. The van der Waals surface area contributed by atoms with E-state index in [0.29, 0.717) is 23.7 Å². The Morgan fingerprint density at radius 2 is 1.65 bits per heavy atom. The molecule has 0 aliphatic heterocycles. The van der Waals surface area contributed by atoms with Crippen molar-refractivity contribution in [2.75, 3.05) is 13.2 Å². The quantitative estimate of drug-likeness (QED) is 0.417. The first-order chi connectivity index (χ1) is 16.5. The third-order valence-electron chi connectivity index (χ3n) is 5.26. The first-order valence-corrected chi connectivity index (χ1v) is 11.6. The van der Waals surface area contributed by atoms with Crippen molar-refractivity contribution in [1.82, 2.24) is 10.2 Å². The van der Waals surface area contributed by atoms with E-state index in [9.17, 15) is 14.0 Å². The Labute approximate surface area is 204 Å². The van der Waals surface area contributed by atoms with Crippen molar-refractivity contribution in [3.63, 3.8) is 0 Å². The lowest BCUT2D eigenvalue weighted by Crippen LogP contribution is -2.51. The lowest BCUT2D eigenvalue weighted by molar-refractivity contribution is -0.142. The summed E-state index contributed by atoms with van der Waals surface area (Å²) in [7, 11) is 0. The van der Waals surface area contributed by atoms with Crippen LogP contribution in [0.15, 0.2) is 78.9 Å². The van der Waals surface area contributed by atoms with Gasteiger partial charge in [-0.05, 0) is 53.9 Å². The summed E-state index contributed by atoms with van der Waals surface area (Å²) in [5.41, 5.74) is 1.77. The van der Waals surface area contributed by atoms with Crippen LogP contribution in [0.2, 0.25) is 5.02 Å². The molecule has 1 atom stereocenters. The van der Waals surface area contributed by atoms with Crippen LogP contribution in [0, 0.1) is 5.82 Å². The van der Waals surface area contributed by atoms with Crippen molar-refractivity contribution >= 4 is 23.4 Å². The fraction of sp³-hybridized carbons (Fsp3) is 0.259. The monoisotopic (exact) mass is 482 g/mol. The zero-order chi connectivity index (χ0) is 24.3. The van der Waals surface area contributed by atoms with E-state index in [2.05, 4.69) is 5.32 Å². The Balaban J connectivity index is 1.87. The van der Waals surface area contributed by atoms with Gasteiger partial charge in [-0.2, -0.15) is 0 Å². The molecule has 34 heavy (non-hydrogen) atoms. The minimum Gasteiger partial charge on any atom is -0.484 e. The second kappa shape index (κ2) is 12.8. The lowest BCUT2D eigenvalue weighted by Gasteiger charge is -2.31. The first-order valence-electron chi connectivity index (χ1n) is 11.2. The molecule has 0 saturated carbocycles. The molecule has 5 nitrogen and oxygen atoms in total. The van der Waals surface area contributed by atoms with Crippen molar-refractivity contribution in [3.05, 3.63) is 101 Å². The molecule has 0 aromatic heterocycles. The van der Waals surface area contributed by atoms with Crippen molar-refractivity contribution in [3.8, 4) is 5.75 Å². The SMILES string of the molecule is CCCNC(=O)[C@@H](Cc1ccccc1)N(Cc1ccc(Cl)cc1)C(=O)COc1ccc(F)cc1. The number of amides is 2. The Hall–Kier alpha value is -3.38. The maximum Gasteiger partial charge on any atom is 0.261 e. The van der Waals surface area contributed by atoms with Crippen LogP contribution in [0.1, 0.15) is 24.5 Å². The van der Waals surface area contributed by atoms with Gasteiger partial charge in [0.05, 0.1) is 0 Å². The molecule has 1 N–H and O–H groups in total. The topological polar surface area (TPSA) is 58.6 Å². The van der Waals surface area contributed by atoms with Gasteiger partial charge in [0.15, 0.2) is 6.61 Å². The van der Waals surface area contributed by atoms with Gasteiger partial charge >= 0.3 is 0 Å². The third-order valence-corrected chi connectivity index (χ3v) is 5.51. The third kappa shape index (κ3) is 7.59. The molecule has 0 fully saturated rings. The number of rotatable bonds is 11. The van der Waals surface area contributed by atoms with Crippen molar-refractivity contribution in [2.45, 2.75) is 32.4 Å². The second-order valence-electron chi connectivity index (χ2n) is 7.89. The summed E-state index contributed by atoms with van der Waals surface area (Å²) in [5.74, 6) is -0.601. The van der Waals surface area contributed by atoms with E-state index in [0.717, 1.165) is 17.5 Å². The molecular formula is C27H28ClFN2O3. The minimum absolute atomic E-state index is 0.208. The van der Waals surface area contributed by atoms with Gasteiger partial charge in [-0.25, -0.2) is 4.39 Å². The molecular weight excluding hydrogens is 455 g/mol. The maximum atomic E-state index is 13.4. The number of carbonyl (C=O) groups is 2. The summed E-state index contributed by atoms with van der Waals surface area (Å²) in [6, 6.07) is 21.4. The lowest BCUT2D eigenvalue weighted by atomic mass is 10.0. The van der Waals surface area contributed by atoms with Crippen LogP contribution in [0.4, 0.5) is 4.39 Å². The number of hydrogen-bond acceptors (Lipinski definition) is 3. The van der Waals surface area contributed by atoms with Gasteiger partial charge in [0.2, 0.25) is 5.91 Å². The molecule has 7 heteroatoms. The molecule has 178 valence electrons. The van der Waals surface area contributed by atoms with Gasteiger partial charge in [-0.3, -0.25) is 9.59 Å². The Morgan fingerprint density at radius 1 is 0.971 bits per heavy atom. The van der Waals surface area contributed by atoms with Crippen molar-refractivity contribution in [1.29, 1.82) is 0 Å². The Morgan fingerprint density at radius 3 is 2.29 bits per heavy atom. The molecule has 0 radical (unpaired) electrons. The Bertz CT molecular complexity index is 1060. The maximum absolute atomic E-state index is 13.4. The fourth-order valence-electron chi connectivity index (χ4n) is 3.47. The highest BCUT2D eigenvalue weighted by Gasteiger charge is 2.30. The average molecular weight is 483 g/mol. The van der Waals surface area contributed by atoms with Crippen molar-refractivity contribution < 1.29 is 18.7 Å². The summed E-state index contributed by atoms with van der Waals surface area (Å²) < 4.78 is 18.8. The van der Waals surface area contributed by atoms with Gasteiger partial charge in [0, 0.05) is 24.5 Å². The fourth-order valence-corrected chi connectivity index (χ4v) is 3.59. The number of nitrogens with zero attached hydrogens (tertiary/aromatic N) is 1. The molecule has 0 saturated heterocycles. The van der Waals surface area contributed by atoms with Gasteiger partial charge in [0.1, 0.15) is 17.6 Å². The molecule has 3 aromatic rings. The molecule has 2 amide bonds. The number of ether oxygens (including phenoxy) is 1. The number of halogens is 2. The summed E-state index contributed by atoms with van der Waals surface area (Å²) in [6.45, 7) is 2.41. The standard InChI is InChI=1S/C27H28ClFN2O3/c1-2-16-30-27(33)25(17-20-6-4-3-5-7-20)31(18-21-8-10-22(28)11-9-21)26(32)19-34-24-14-12-23(29)13-15-24/h3-15,25H,2,16-19H2,1H3,(H,30,33)/t25-/m1/s1. The van der Waals surface area contributed by atoms with E-state index >= 15 is 0 Å². The van der Waals surface area contributed by atoms with Crippen LogP contribution in [0.25, 0.3) is 0 Å². The van der Waals surface area contributed by atoms with Gasteiger partial charge in [-0.1, -0.05) is 61.0 Å². The van der Waals surface area contributed by atoms with Crippen LogP contribution in [0.5, 0.6) is 5.75 Å². The molecule has 0 spiro atoms. The molecule has 3 rings (SSSR count). The largest absolute Gasteiger partial charge is 0.484 e. The summed E-state index contributed by atoms with van der Waals surface area (Å²) >= 11 is 6.03. The normalized spacial score (nSPS) is 11.5. The van der Waals surface area contributed by atoms with E-state index in [4.69, 9.17) is 16.3 Å². The molecule has 0 heterocycles. The highest BCUT2D eigenvalue weighted by atomic mass is 35.5. The summed E-state index contributed by atoms with van der Waals surface area (Å²) in [6.07, 6.45) is 1.13. The molecule has 0 aliphatic carbocycles. The first kappa shape index (κ1) is 25.2. The number of carbonyl (C=O) groups excluding carboxylic acids is 2. The predicted octanol–water partition coefficient (Wildman–Crippen LogP) is 5.02. The number of hydrogen-bond donors (Lipinski definition) is 1. The molecule has 0 aliphatic rings. The second-order valence-corrected chi connectivity index (χ2v) is 8.32. The van der Waals surface area contributed by atoms with Crippen molar-refractivity contribution in [2.24, 2.45) is 0 Å². The smallest absolute Gasteiger partial charge is 0.261 e. The zero-order valence-electron chi connectivity index (χ0n) is 19.0. The highest BCUT2D eigenvalue weighted by Crippen LogP contribution is 2.18. The Kier molecular flexibility index (Phi) is 9.47. The number of nitrogens with one attached hydrogen (secondary N) is 1. The van der Waals surface area contributed by atoms with Crippen LogP contribution in [-0.2, 0) is 22.6 Å². The van der Waals surface area contributed by atoms with Gasteiger partial charge in [0.25, 0.3) is 5.91 Å². The number of benzene rings is 3. The van der Waals surface area contributed by atoms with Crippen LogP contribution >= 0.6 is 11.6 Å². The van der Waals surface area contributed by atoms with E-state index in [1.165, 1.54) is 29.2 Å². The van der Waals surface area contributed by atoms with Gasteiger partial charge in [-0.15, -0.1) is 0 Å². The molecule has 0 unspecified atom stereocenters. The van der Waals surface area contributed by atoms with Crippen LogP contribution in [-0.4, -0.2) is 35.9 Å². The minimum atomic E-state index is -0.742. The van der Waals surface area contributed by atoms with E-state index in [1.54, 1.807) is 12.1 Å².